The van der Waals surface area contributed by atoms with Crippen molar-refractivity contribution in [1.29, 1.82) is 0 Å². The molecule has 6 heteroatoms. The van der Waals surface area contributed by atoms with Gasteiger partial charge in [0.15, 0.2) is 5.69 Å². The lowest BCUT2D eigenvalue weighted by Gasteiger charge is -2.04. The van der Waals surface area contributed by atoms with E-state index in [0.717, 1.165) is 16.1 Å². The third-order valence-electron chi connectivity index (χ3n) is 3.58. The van der Waals surface area contributed by atoms with Crippen LogP contribution in [0.5, 0.6) is 0 Å². The van der Waals surface area contributed by atoms with E-state index >= 15 is 0 Å². The van der Waals surface area contributed by atoms with Crippen LogP contribution in [-0.2, 0) is 0 Å². The Kier molecular flexibility index (Phi) is 4.86. The second-order valence-electron chi connectivity index (χ2n) is 5.66. The summed E-state index contributed by atoms with van der Waals surface area (Å²) in [6, 6.07) is 13.7. The topological polar surface area (TPSA) is 70.1 Å². The highest BCUT2D eigenvalue weighted by atomic mass is 32.1. The number of nitrogens with zero attached hydrogens (tertiary/aromatic N) is 2. The molecule has 0 saturated heterocycles. The van der Waals surface area contributed by atoms with Crippen LogP contribution in [0, 0.1) is 0 Å². The molecule has 5 nitrogen and oxygen atoms in total. The Bertz CT molecular complexity index is 832. The highest BCUT2D eigenvalue weighted by Gasteiger charge is 2.11. The fraction of sp³-hybridized carbons (Fsp3) is 0.167. The molecule has 0 radical (unpaired) electrons. The largest absolute Gasteiger partial charge is 0.291 e. The molecule has 122 valence electrons. The van der Waals surface area contributed by atoms with E-state index < -0.39 is 0 Å². The van der Waals surface area contributed by atoms with Gasteiger partial charge in [0.25, 0.3) is 5.91 Å². The highest BCUT2D eigenvalue weighted by molar-refractivity contribution is 7.13. The van der Waals surface area contributed by atoms with E-state index in [-0.39, 0.29) is 5.91 Å². The lowest BCUT2D eigenvalue weighted by atomic mass is 10.0. The van der Waals surface area contributed by atoms with Crippen LogP contribution in [0.3, 0.4) is 0 Å². The second-order valence-corrected chi connectivity index (χ2v) is 6.61. The van der Waals surface area contributed by atoms with Gasteiger partial charge in [-0.1, -0.05) is 44.2 Å². The molecular formula is C18H18N4OS. The van der Waals surface area contributed by atoms with Gasteiger partial charge in [-0.3, -0.25) is 9.89 Å². The van der Waals surface area contributed by atoms with Crippen LogP contribution >= 0.6 is 11.3 Å². The van der Waals surface area contributed by atoms with Crippen LogP contribution in [0.25, 0.3) is 10.6 Å². The Morgan fingerprint density at radius 2 is 2.08 bits per heavy atom. The molecule has 0 fully saturated rings. The Morgan fingerprint density at radius 3 is 2.75 bits per heavy atom. The number of carbonyl (C=O) groups is 1. The minimum absolute atomic E-state index is 0.311. The Morgan fingerprint density at radius 1 is 1.29 bits per heavy atom. The van der Waals surface area contributed by atoms with Crippen molar-refractivity contribution in [3.8, 4) is 10.6 Å². The van der Waals surface area contributed by atoms with Crippen molar-refractivity contribution in [1.82, 2.24) is 15.6 Å². The van der Waals surface area contributed by atoms with E-state index in [1.807, 2.05) is 29.6 Å². The van der Waals surface area contributed by atoms with Gasteiger partial charge in [-0.25, -0.2) is 5.43 Å². The standard InChI is InChI=1S/C18H18N4OS/c1-12(2)14-7-5-13(6-8-14)11-19-22-18(23)16-10-15(20-21-16)17-4-3-9-24-17/h3-12H,1-2H3,(H,20,21)(H,22,23)/b19-11-. The third-order valence-corrected chi connectivity index (χ3v) is 4.48. The van der Waals surface area contributed by atoms with E-state index in [1.165, 1.54) is 5.56 Å². The minimum Gasteiger partial charge on any atom is -0.276 e. The molecule has 2 aromatic heterocycles. The number of rotatable bonds is 5. The number of hydrogen-bond donors (Lipinski definition) is 2. The molecule has 2 heterocycles. The summed E-state index contributed by atoms with van der Waals surface area (Å²) in [5, 5.41) is 12.9. The Balaban J connectivity index is 1.61. The van der Waals surface area contributed by atoms with Crippen molar-refractivity contribution in [3.05, 3.63) is 64.7 Å². The monoisotopic (exact) mass is 338 g/mol. The summed E-state index contributed by atoms with van der Waals surface area (Å²) in [7, 11) is 0. The first-order valence-corrected chi connectivity index (χ1v) is 8.54. The zero-order chi connectivity index (χ0) is 16.9. The summed E-state index contributed by atoms with van der Waals surface area (Å²) >= 11 is 1.59. The molecular weight excluding hydrogens is 320 g/mol. The molecule has 0 aliphatic heterocycles. The number of amides is 1. The molecule has 2 N–H and O–H groups in total. The number of carbonyl (C=O) groups excluding carboxylic acids is 1. The van der Waals surface area contributed by atoms with Crippen molar-refractivity contribution in [2.45, 2.75) is 19.8 Å². The van der Waals surface area contributed by atoms with Crippen LogP contribution in [0.15, 0.2) is 52.9 Å². The number of hydrazone groups is 1. The first-order chi connectivity index (χ1) is 11.6. The smallest absolute Gasteiger partial charge is 0.276 e. The predicted molar refractivity (Wildman–Crippen MR) is 97.5 cm³/mol. The molecule has 0 aliphatic carbocycles. The van der Waals surface area contributed by atoms with Gasteiger partial charge in [-0.15, -0.1) is 11.3 Å². The molecule has 0 bridgehead atoms. The van der Waals surface area contributed by atoms with E-state index in [1.54, 1.807) is 23.6 Å². The Hall–Kier alpha value is -2.73. The minimum atomic E-state index is -0.343. The molecule has 1 aromatic carbocycles. The van der Waals surface area contributed by atoms with Gasteiger partial charge in [-0.2, -0.15) is 10.2 Å². The zero-order valence-corrected chi connectivity index (χ0v) is 14.3. The van der Waals surface area contributed by atoms with E-state index in [2.05, 4.69) is 46.7 Å². The van der Waals surface area contributed by atoms with Crippen LogP contribution in [0.2, 0.25) is 0 Å². The van der Waals surface area contributed by atoms with Gasteiger partial charge in [-0.05, 0) is 34.6 Å². The van der Waals surface area contributed by atoms with Gasteiger partial charge < -0.3 is 0 Å². The predicted octanol–water partition coefficient (Wildman–Crippen LogP) is 4.03. The number of nitrogens with one attached hydrogen (secondary N) is 2. The summed E-state index contributed by atoms with van der Waals surface area (Å²) in [6.45, 7) is 4.30. The number of aromatic nitrogens is 2. The summed E-state index contributed by atoms with van der Waals surface area (Å²) in [6.07, 6.45) is 1.62. The molecule has 3 aromatic rings. The second kappa shape index (κ2) is 7.23. The normalized spacial score (nSPS) is 11.3. The van der Waals surface area contributed by atoms with E-state index in [9.17, 15) is 4.79 Å². The first kappa shape index (κ1) is 16.1. The maximum absolute atomic E-state index is 12.1. The average Bonchev–Trinajstić information content (AvgIpc) is 3.26. The quantitative estimate of drug-likeness (QED) is 0.545. The third kappa shape index (κ3) is 3.78. The molecule has 0 aliphatic rings. The fourth-order valence-corrected chi connectivity index (χ4v) is 2.88. The average molecular weight is 338 g/mol. The molecule has 3 rings (SSSR count). The SMILES string of the molecule is CC(C)c1ccc(/C=N\NC(=O)c2cc(-c3cccs3)[nH]n2)cc1. The molecule has 0 saturated carbocycles. The summed E-state index contributed by atoms with van der Waals surface area (Å²) in [5.41, 5.74) is 5.83. The number of benzene rings is 1. The van der Waals surface area contributed by atoms with Gasteiger partial charge in [0.2, 0.25) is 0 Å². The summed E-state index contributed by atoms with van der Waals surface area (Å²) in [4.78, 5) is 13.1. The molecule has 1 amide bonds. The number of H-pyrrole nitrogens is 1. The van der Waals surface area contributed by atoms with Crippen LogP contribution in [0.4, 0.5) is 0 Å². The van der Waals surface area contributed by atoms with Crippen molar-refractivity contribution >= 4 is 23.5 Å². The van der Waals surface area contributed by atoms with Gasteiger partial charge in [0.05, 0.1) is 16.8 Å². The van der Waals surface area contributed by atoms with Crippen LogP contribution in [-0.4, -0.2) is 22.3 Å². The molecule has 0 atom stereocenters. The maximum atomic E-state index is 12.1. The molecule has 24 heavy (non-hydrogen) atoms. The molecule has 0 spiro atoms. The Labute approximate surface area is 144 Å². The van der Waals surface area contributed by atoms with E-state index in [0.29, 0.717) is 11.6 Å². The highest BCUT2D eigenvalue weighted by Crippen LogP contribution is 2.22. The van der Waals surface area contributed by atoms with Crippen molar-refractivity contribution in [3.63, 3.8) is 0 Å². The number of thiophene rings is 1. The summed E-state index contributed by atoms with van der Waals surface area (Å²) < 4.78 is 0. The van der Waals surface area contributed by atoms with Crippen molar-refractivity contribution in [2.24, 2.45) is 5.10 Å². The van der Waals surface area contributed by atoms with Crippen molar-refractivity contribution in [2.75, 3.05) is 0 Å². The number of aromatic amines is 1. The first-order valence-electron chi connectivity index (χ1n) is 7.66. The number of hydrogen-bond acceptors (Lipinski definition) is 4. The fourth-order valence-electron chi connectivity index (χ4n) is 2.19. The van der Waals surface area contributed by atoms with Crippen LogP contribution < -0.4 is 5.43 Å². The van der Waals surface area contributed by atoms with Gasteiger partial charge >= 0.3 is 0 Å². The lowest BCUT2D eigenvalue weighted by molar-refractivity contribution is 0.0950. The van der Waals surface area contributed by atoms with Gasteiger partial charge in [0, 0.05) is 0 Å². The van der Waals surface area contributed by atoms with Crippen molar-refractivity contribution < 1.29 is 4.79 Å². The summed E-state index contributed by atoms with van der Waals surface area (Å²) in [5.74, 6) is 0.150. The van der Waals surface area contributed by atoms with Crippen LogP contribution in [0.1, 0.15) is 41.4 Å². The lowest BCUT2D eigenvalue weighted by Crippen LogP contribution is -2.18. The zero-order valence-electron chi connectivity index (χ0n) is 13.5. The van der Waals surface area contributed by atoms with Gasteiger partial charge in [0.1, 0.15) is 0 Å². The van der Waals surface area contributed by atoms with E-state index in [4.69, 9.17) is 0 Å². The molecule has 0 unspecified atom stereocenters. The maximum Gasteiger partial charge on any atom is 0.291 e.